The number of aromatic nitrogens is 2. The highest BCUT2D eigenvalue weighted by Gasteiger charge is 2.17. The molecule has 98 valence electrons. The first-order valence-corrected chi connectivity index (χ1v) is 6.14. The first-order chi connectivity index (χ1) is 9.20. The van der Waals surface area contributed by atoms with Gasteiger partial charge >= 0.3 is 0 Å². The maximum absolute atomic E-state index is 13.9. The maximum atomic E-state index is 13.9. The molecule has 0 aliphatic carbocycles. The lowest BCUT2D eigenvalue weighted by atomic mass is 10.2. The molecule has 3 nitrogen and oxygen atoms in total. The van der Waals surface area contributed by atoms with Gasteiger partial charge in [-0.2, -0.15) is 0 Å². The number of hydrogen-bond acceptors (Lipinski definition) is 2. The van der Waals surface area contributed by atoms with Crippen LogP contribution in [0.2, 0.25) is 0 Å². The van der Waals surface area contributed by atoms with Crippen LogP contribution in [0.4, 0.5) is 8.78 Å². The van der Waals surface area contributed by atoms with E-state index in [-0.39, 0.29) is 11.4 Å². The summed E-state index contributed by atoms with van der Waals surface area (Å²) >= 11 is 5.81. The van der Waals surface area contributed by atoms with Crippen molar-refractivity contribution in [3.8, 4) is 0 Å². The van der Waals surface area contributed by atoms with E-state index in [0.29, 0.717) is 17.9 Å². The minimum absolute atomic E-state index is 0.119. The number of hydrogen-bond donors (Lipinski definition) is 0. The van der Waals surface area contributed by atoms with Gasteiger partial charge in [-0.15, -0.1) is 11.6 Å². The molecule has 2 heterocycles. The van der Waals surface area contributed by atoms with Gasteiger partial charge in [-0.25, -0.2) is 13.8 Å². The Bertz CT molecular complexity index is 722. The zero-order valence-corrected chi connectivity index (χ0v) is 10.5. The summed E-state index contributed by atoms with van der Waals surface area (Å²) in [4.78, 5) is 4.21. The molecule has 1 aromatic carbocycles. The largest absolute Gasteiger partial charge is 0.472 e. The Morgan fingerprint density at radius 1 is 1.26 bits per heavy atom. The molecule has 0 saturated heterocycles. The summed E-state index contributed by atoms with van der Waals surface area (Å²) in [5, 5.41) is 0. The molecule has 2 aromatic heterocycles. The second kappa shape index (κ2) is 4.66. The fraction of sp³-hybridized carbons (Fsp3) is 0.154. The molecule has 0 unspecified atom stereocenters. The predicted octanol–water partition coefficient (Wildman–Crippen LogP) is 3.69. The van der Waals surface area contributed by atoms with E-state index in [1.54, 1.807) is 16.9 Å². The molecule has 3 aromatic rings. The molecule has 3 rings (SSSR count). The van der Waals surface area contributed by atoms with Crippen LogP contribution in [0.5, 0.6) is 0 Å². The van der Waals surface area contributed by atoms with E-state index in [2.05, 4.69) is 4.98 Å². The second-order valence-electron chi connectivity index (χ2n) is 4.11. The fourth-order valence-electron chi connectivity index (χ4n) is 2.04. The Balaban J connectivity index is 2.22. The number of halogens is 3. The molecule has 0 atom stereocenters. The summed E-state index contributed by atoms with van der Waals surface area (Å²) < 4.78 is 33.8. The van der Waals surface area contributed by atoms with Gasteiger partial charge < -0.3 is 8.98 Å². The van der Waals surface area contributed by atoms with Crippen molar-refractivity contribution in [2.45, 2.75) is 12.4 Å². The number of rotatable bonds is 3. The lowest BCUT2D eigenvalue weighted by molar-refractivity contribution is 0.511. The number of alkyl halides is 1. The number of benzene rings is 1. The quantitative estimate of drug-likeness (QED) is 0.686. The third-order valence-electron chi connectivity index (χ3n) is 2.92. The lowest BCUT2D eigenvalue weighted by Crippen LogP contribution is -2.04. The average Bonchev–Trinajstić information content (AvgIpc) is 3.02. The summed E-state index contributed by atoms with van der Waals surface area (Å²) in [6, 6.07) is 4.25. The van der Waals surface area contributed by atoms with E-state index in [1.165, 1.54) is 12.3 Å². The number of fused-ring (bicyclic) bond motifs is 1. The molecule has 19 heavy (non-hydrogen) atoms. The highest BCUT2D eigenvalue weighted by molar-refractivity contribution is 6.16. The van der Waals surface area contributed by atoms with Crippen molar-refractivity contribution in [1.82, 2.24) is 9.55 Å². The van der Waals surface area contributed by atoms with Gasteiger partial charge in [0.05, 0.1) is 30.5 Å². The van der Waals surface area contributed by atoms with E-state index in [4.69, 9.17) is 16.0 Å². The van der Waals surface area contributed by atoms with Gasteiger partial charge in [-0.05, 0) is 18.2 Å². The second-order valence-corrected chi connectivity index (χ2v) is 4.38. The van der Waals surface area contributed by atoms with Gasteiger partial charge in [0.15, 0.2) is 11.6 Å². The van der Waals surface area contributed by atoms with Crippen LogP contribution in [0.1, 0.15) is 11.4 Å². The van der Waals surface area contributed by atoms with E-state index >= 15 is 0 Å². The minimum Gasteiger partial charge on any atom is -0.472 e. The van der Waals surface area contributed by atoms with Crippen LogP contribution in [-0.2, 0) is 12.4 Å². The van der Waals surface area contributed by atoms with Crippen LogP contribution < -0.4 is 0 Å². The van der Waals surface area contributed by atoms with Gasteiger partial charge in [-0.3, -0.25) is 0 Å². The normalized spacial score (nSPS) is 11.3. The average molecular weight is 283 g/mol. The zero-order valence-electron chi connectivity index (χ0n) is 9.74. The van der Waals surface area contributed by atoms with Crippen LogP contribution in [0, 0.1) is 11.6 Å². The Hall–Kier alpha value is -1.88. The molecule has 0 aliphatic heterocycles. The topological polar surface area (TPSA) is 31.0 Å². The van der Waals surface area contributed by atoms with Crippen molar-refractivity contribution >= 4 is 22.6 Å². The highest BCUT2D eigenvalue weighted by atomic mass is 35.5. The molecular formula is C13H9ClF2N2O. The Kier molecular flexibility index (Phi) is 2.98. The van der Waals surface area contributed by atoms with E-state index in [1.807, 2.05) is 0 Å². The molecule has 0 aliphatic rings. The van der Waals surface area contributed by atoms with Crippen molar-refractivity contribution in [1.29, 1.82) is 0 Å². The molecule has 6 heteroatoms. The predicted molar refractivity (Wildman–Crippen MR) is 67.0 cm³/mol. The molecule has 0 bridgehead atoms. The molecular weight excluding hydrogens is 274 g/mol. The Morgan fingerprint density at radius 2 is 2.11 bits per heavy atom. The molecule has 0 fully saturated rings. The van der Waals surface area contributed by atoms with Crippen molar-refractivity contribution < 1.29 is 13.2 Å². The van der Waals surface area contributed by atoms with Crippen LogP contribution in [-0.4, -0.2) is 9.55 Å². The zero-order chi connectivity index (χ0) is 13.4. The standard InChI is InChI=1S/C13H9ClF2N2O/c14-5-11-17-10-2-1-9(15)12(16)13(10)18(11)6-8-3-4-19-7-8/h1-4,7H,5-6H2. The Morgan fingerprint density at radius 3 is 2.79 bits per heavy atom. The number of imidazole rings is 1. The summed E-state index contributed by atoms with van der Waals surface area (Å²) in [6.45, 7) is 0.329. The molecule has 0 saturated carbocycles. The first-order valence-electron chi connectivity index (χ1n) is 5.61. The van der Waals surface area contributed by atoms with Crippen LogP contribution in [0.25, 0.3) is 11.0 Å². The molecule has 0 N–H and O–H groups in total. The van der Waals surface area contributed by atoms with Crippen molar-refractivity contribution in [3.63, 3.8) is 0 Å². The third-order valence-corrected chi connectivity index (χ3v) is 3.16. The van der Waals surface area contributed by atoms with Gasteiger partial charge in [0.2, 0.25) is 0 Å². The third kappa shape index (κ3) is 2.00. The van der Waals surface area contributed by atoms with Gasteiger partial charge in [0.1, 0.15) is 11.3 Å². The van der Waals surface area contributed by atoms with Crippen molar-refractivity contribution in [2.24, 2.45) is 0 Å². The molecule has 0 spiro atoms. The van der Waals surface area contributed by atoms with Gasteiger partial charge in [0, 0.05) is 5.56 Å². The molecule has 0 radical (unpaired) electrons. The highest BCUT2D eigenvalue weighted by Crippen LogP contribution is 2.24. The van der Waals surface area contributed by atoms with E-state index < -0.39 is 11.6 Å². The fourth-order valence-corrected chi connectivity index (χ4v) is 2.25. The first kappa shape index (κ1) is 12.2. The van der Waals surface area contributed by atoms with Crippen LogP contribution >= 0.6 is 11.6 Å². The summed E-state index contributed by atoms with van der Waals surface area (Å²) in [6.07, 6.45) is 3.06. The monoisotopic (exact) mass is 282 g/mol. The Labute approximate surface area is 112 Å². The summed E-state index contributed by atoms with van der Waals surface area (Å²) in [5.74, 6) is -1.21. The SMILES string of the molecule is Fc1ccc2nc(CCl)n(Cc3ccoc3)c2c1F. The van der Waals surface area contributed by atoms with Crippen LogP contribution in [0.3, 0.4) is 0 Å². The lowest BCUT2D eigenvalue weighted by Gasteiger charge is -2.06. The molecule has 0 amide bonds. The van der Waals surface area contributed by atoms with Crippen LogP contribution in [0.15, 0.2) is 35.1 Å². The summed E-state index contributed by atoms with van der Waals surface area (Å²) in [5.41, 5.74) is 1.34. The minimum atomic E-state index is -0.912. The van der Waals surface area contributed by atoms with E-state index in [0.717, 1.165) is 11.6 Å². The summed E-state index contributed by atoms with van der Waals surface area (Å²) in [7, 11) is 0. The van der Waals surface area contributed by atoms with E-state index in [9.17, 15) is 8.78 Å². The number of furan rings is 1. The smallest absolute Gasteiger partial charge is 0.184 e. The van der Waals surface area contributed by atoms with Crippen molar-refractivity contribution in [2.75, 3.05) is 0 Å². The number of nitrogens with zero attached hydrogens (tertiary/aromatic N) is 2. The van der Waals surface area contributed by atoms with Crippen molar-refractivity contribution in [3.05, 3.63) is 53.7 Å². The van der Waals surface area contributed by atoms with Gasteiger partial charge in [-0.1, -0.05) is 0 Å². The van der Waals surface area contributed by atoms with Gasteiger partial charge in [0.25, 0.3) is 0 Å². The maximum Gasteiger partial charge on any atom is 0.184 e.